The first-order valence-corrected chi connectivity index (χ1v) is 14.9. The zero-order chi connectivity index (χ0) is 18.2. The van der Waals surface area contributed by atoms with Gasteiger partial charge in [-0.25, -0.2) is 0 Å². The topological polar surface area (TPSA) is 18.5 Å². The first kappa shape index (κ1) is 16.5. The molecule has 0 unspecified atom stereocenters. The quantitative estimate of drug-likeness (QED) is 0.435. The fourth-order valence-electron chi connectivity index (χ4n) is 3.85. The Balaban J connectivity index is 1.94. The number of para-hydroxylation sites is 2. The molecule has 4 aromatic rings. The van der Waals surface area contributed by atoms with Gasteiger partial charge >= 0.3 is 162 Å². The molecule has 132 valence electrons. The van der Waals surface area contributed by atoms with E-state index in [4.69, 9.17) is 6.03 Å². The van der Waals surface area contributed by atoms with E-state index in [1.54, 1.807) is 0 Å². The van der Waals surface area contributed by atoms with Gasteiger partial charge in [-0.05, 0) is 0 Å². The summed E-state index contributed by atoms with van der Waals surface area (Å²) in [5.74, 6) is 1.63. The molecule has 1 heterocycles. The number of rotatable bonds is 3. The molecule has 0 aromatic heterocycles. The molecule has 0 atom stereocenters. The summed E-state index contributed by atoms with van der Waals surface area (Å²) in [6, 6.07) is 39.4. The van der Waals surface area contributed by atoms with Crippen molar-refractivity contribution < 1.29 is 6.03 Å². The molecule has 0 spiro atoms. The molecule has 0 saturated carbocycles. The van der Waals surface area contributed by atoms with Gasteiger partial charge in [-0.1, -0.05) is 0 Å². The van der Waals surface area contributed by atoms with Gasteiger partial charge in [0, 0.05) is 0 Å². The van der Waals surface area contributed by atoms with Gasteiger partial charge in [-0.2, -0.15) is 0 Å². The Bertz CT molecular complexity index is 950. The molecule has 2 nitrogen and oxygen atoms in total. The van der Waals surface area contributed by atoms with Crippen LogP contribution in [0.5, 0.6) is 11.5 Å². The zero-order valence-corrected chi connectivity index (χ0v) is 17.3. The zero-order valence-electron chi connectivity index (χ0n) is 14.7. The monoisotopic (exact) mass is 460 g/mol. The second-order valence-electron chi connectivity index (χ2n) is 6.59. The molecule has 0 saturated heterocycles. The van der Waals surface area contributed by atoms with Gasteiger partial charge < -0.3 is 0 Å². The van der Waals surface area contributed by atoms with Crippen molar-refractivity contribution in [2.75, 3.05) is 0 Å². The van der Waals surface area contributed by atoms with Gasteiger partial charge in [0.1, 0.15) is 0 Å². The van der Waals surface area contributed by atoms with E-state index in [9.17, 15) is 0 Å². The molecule has 4 aromatic carbocycles. The van der Waals surface area contributed by atoms with Gasteiger partial charge in [0.25, 0.3) is 0 Å². The van der Waals surface area contributed by atoms with Crippen molar-refractivity contribution in [3.63, 3.8) is 0 Å². The van der Waals surface area contributed by atoms with E-state index in [-0.39, 0.29) is 0 Å². The van der Waals surface area contributed by atoms with E-state index in [1.165, 1.54) is 0 Å². The SMILES string of the molecule is c1cc[c]([Sb]2([c]3ccccc3)([c]3ccccc3)[O]c3ccccc3[O]2)cc1. The van der Waals surface area contributed by atoms with Crippen LogP contribution in [0.3, 0.4) is 0 Å². The molecule has 0 fully saturated rings. The molecular formula is C24H19O2Sb. The predicted octanol–water partition coefficient (Wildman–Crippen LogP) is 3.58. The van der Waals surface area contributed by atoms with Crippen LogP contribution in [0.4, 0.5) is 0 Å². The van der Waals surface area contributed by atoms with E-state index in [1.807, 2.05) is 42.5 Å². The van der Waals surface area contributed by atoms with Gasteiger partial charge in [-0.15, -0.1) is 0 Å². The van der Waals surface area contributed by atoms with Crippen LogP contribution in [0.1, 0.15) is 0 Å². The number of hydrogen-bond acceptors (Lipinski definition) is 2. The summed E-state index contributed by atoms with van der Waals surface area (Å²) in [6.07, 6.45) is 0. The van der Waals surface area contributed by atoms with E-state index >= 15 is 0 Å². The van der Waals surface area contributed by atoms with Crippen LogP contribution in [0.2, 0.25) is 0 Å². The fraction of sp³-hybridized carbons (Fsp3) is 0. The van der Waals surface area contributed by atoms with E-state index in [2.05, 4.69) is 72.8 Å². The summed E-state index contributed by atoms with van der Waals surface area (Å²) >= 11 is -4.72. The Kier molecular flexibility index (Phi) is 3.77. The molecule has 1 aliphatic heterocycles. The number of fused-ring (bicyclic) bond motifs is 1. The van der Waals surface area contributed by atoms with Crippen LogP contribution in [-0.4, -0.2) is 18.2 Å². The average Bonchev–Trinajstić information content (AvgIpc) is 3.14. The molecule has 0 bridgehead atoms. The third-order valence-electron chi connectivity index (χ3n) is 5.07. The second kappa shape index (κ2) is 6.18. The summed E-state index contributed by atoms with van der Waals surface area (Å²) in [6.45, 7) is 0. The van der Waals surface area contributed by atoms with Gasteiger partial charge in [0.05, 0.1) is 0 Å². The number of benzene rings is 4. The third kappa shape index (κ3) is 2.27. The van der Waals surface area contributed by atoms with Crippen LogP contribution in [0, 0.1) is 0 Å². The van der Waals surface area contributed by atoms with Crippen molar-refractivity contribution in [1.29, 1.82) is 0 Å². The van der Waals surface area contributed by atoms with Gasteiger partial charge in [-0.3, -0.25) is 0 Å². The molecule has 0 aliphatic carbocycles. The van der Waals surface area contributed by atoms with E-state index in [0.717, 1.165) is 22.0 Å². The molecule has 3 heteroatoms. The molecular weight excluding hydrogens is 442 g/mol. The van der Waals surface area contributed by atoms with Crippen LogP contribution in [0.15, 0.2) is 115 Å². The summed E-state index contributed by atoms with van der Waals surface area (Å²) in [5.41, 5.74) is 0. The normalized spacial score (nSPS) is 17.6. The van der Waals surface area contributed by atoms with Crippen molar-refractivity contribution in [1.82, 2.24) is 0 Å². The average molecular weight is 461 g/mol. The Morgan fingerprint density at radius 1 is 0.370 bits per heavy atom. The Hall–Kier alpha value is -2.70. The van der Waals surface area contributed by atoms with Crippen molar-refractivity contribution in [2.24, 2.45) is 0 Å². The maximum atomic E-state index is 7.02. The predicted molar refractivity (Wildman–Crippen MR) is 112 cm³/mol. The summed E-state index contributed by atoms with van der Waals surface area (Å²) in [7, 11) is 0. The van der Waals surface area contributed by atoms with E-state index in [0.29, 0.717) is 0 Å². The maximum absolute atomic E-state index is 7.02. The summed E-state index contributed by atoms with van der Waals surface area (Å²) in [5, 5.41) is 0. The number of hydrogen-bond donors (Lipinski definition) is 0. The van der Waals surface area contributed by atoms with Crippen molar-refractivity contribution in [3.8, 4) is 11.5 Å². The molecule has 5 rings (SSSR count). The summed E-state index contributed by atoms with van der Waals surface area (Å²) < 4.78 is 17.4. The van der Waals surface area contributed by atoms with Crippen molar-refractivity contribution in [2.45, 2.75) is 0 Å². The molecule has 0 radical (unpaired) electrons. The Morgan fingerprint density at radius 3 is 1.00 bits per heavy atom. The van der Waals surface area contributed by atoms with Crippen LogP contribution in [0.25, 0.3) is 0 Å². The molecule has 27 heavy (non-hydrogen) atoms. The van der Waals surface area contributed by atoms with Crippen LogP contribution < -0.4 is 16.6 Å². The summed E-state index contributed by atoms with van der Waals surface area (Å²) in [4.78, 5) is 0. The van der Waals surface area contributed by atoms with Gasteiger partial charge in [0.15, 0.2) is 0 Å². The van der Waals surface area contributed by atoms with Crippen molar-refractivity contribution in [3.05, 3.63) is 115 Å². The van der Waals surface area contributed by atoms with Crippen molar-refractivity contribution >= 4 is 28.8 Å². The molecule has 1 aliphatic rings. The molecule has 0 amide bonds. The minimum absolute atomic E-state index is 0.816. The molecule has 0 N–H and O–H groups in total. The second-order valence-corrected chi connectivity index (χ2v) is 17.5. The van der Waals surface area contributed by atoms with Gasteiger partial charge in [0.2, 0.25) is 0 Å². The third-order valence-corrected chi connectivity index (χ3v) is 18.8. The minimum atomic E-state index is -4.72. The van der Waals surface area contributed by atoms with Crippen LogP contribution in [-0.2, 0) is 0 Å². The first-order chi connectivity index (χ1) is 13.3. The van der Waals surface area contributed by atoms with Crippen LogP contribution >= 0.6 is 0 Å². The first-order valence-electron chi connectivity index (χ1n) is 9.00. The van der Waals surface area contributed by atoms with E-state index < -0.39 is 18.2 Å². The standard InChI is InChI=1S/C6H6O2.3C6H5.Sb/c7-5-3-1-2-4-6(5)8;3*1-2-4-6-5-3-1;/h1-4,7-8H;3*1-5H;/q;;;;+2/p-2. The Labute approximate surface area is 161 Å². The fourth-order valence-corrected chi connectivity index (χ4v) is 17.4. The Morgan fingerprint density at radius 2 is 0.667 bits per heavy atom.